The highest BCUT2D eigenvalue weighted by molar-refractivity contribution is 6.30. The Labute approximate surface area is 133 Å². The number of hydrogen-bond donors (Lipinski definition) is 2. The Kier molecular flexibility index (Phi) is 6.39. The van der Waals surface area contributed by atoms with Crippen molar-refractivity contribution in [2.24, 2.45) is 0 Å². The maximum atomic E-state index is 12.0. The maximum Gasteiger partial charge on any atom is 0.254 e. The summed E-state index contributed by atoms with van der Waals surface area (Å²) >= 11 is 5.94. The second-order valence-corrected chi connectivity index (χ2v) is 5.04. The van der Waals surface area contributed by atoms with Gasteiger partial charge in [-0.3, -0.25) is 4.79 Å². The molecular formula is C15H18ClN3O3. The zero-order valence-electron chi connectivity index (χ0n) is 12.0. The van der Waals surface area contributed by atoms with Crippen molar-refractivity contribution in [3.63, 3.8) is 0 Å². The summed E-state index contributed by atoms with van der Waals surface area (Å²) in [6.07, 6.45) is 3.86. The first-order chi connectivity index (χ1) is 10.7. The maximum absolute atomic E-state index is 12.0. The highest BCUT2D eigenvalue weighted by Crippen LogP contribution is 2.14. The molecular weight excluding hydrogens is 306 g/mol. The molecule has 2 aromatic rings. The van der Waals surface area contributed by atoms with E-state index in [1.54, 1.807) is 23.0 Å². The summed E-state index contributed by atoms with van der Waals surface area (Å²) in [5.74, 6) is -0.185. The quantitative estimate of drug-likeness (QED) is 0.724. The molecule has 1 aromatic carbocycles. The standard InChI is InChI=1S/C15H18ClN3O3/c16-13-3-1-4-14(9-13)19-11-12(10-18-19)15(21)17-5-2-7-22-8-6-20/h1,3-4,9-11,20H,2,5-8H2,(H,17,21). The predicted octanol–water partition coefficient (Wildman–Crippen LogP) is 1.65. The third-order valence-corrected chi connectivity index (χ3v) is 3.14. The molecule has 0 aliphatic heterocycles. The number of aliphatic hydroxyl groups excluding tert-OH is 1. The minimum atomic E-state index is -0.185. The molecule has 6 nitrogen and oxygen atoms in total. The highest BCUT2D eigenvalue weighted by atomic mass is 35.5. The van der Waals surface area contributed by atoms with Crippen molar-refractivity contribution in [1.29, 1.82) is 0 Å². The molecule has 1 heterocycles. The lowest BCUT2D eigenvalue weighted by molar-refractivity contribution is 0.0867. The van der Waals surface area contributed by atoms with E-state index in [9.17, 15) is 4.79 Å². The van der Waals surface area contributed by atoms with Gasteiger partial charge in [0.15, 0.2) is 0 Å². The van der Waals surface area contributed by atoms with Crippen LogP contribution in [0.25, 0.3) is 5.69 Å². The summed E-state index contributed by atoms with van der Waals surface area (Å²) in [4.78, 5) is 12.0. The molecule has 1 amide bonds. The summed E-state index contributed by atoms with van der Waals surface area (Å²) in [6.45, 7) is 1.34. The van der Waals surface area contributed by atoms with Crippen LogP contribution in [0, 0.1) is 0 Å². The summed E-state index contributed by atoms with van der Waals surface area (Å²) in [7, 11) is 0. The largest absolute Gasteiger partial charge is 0.394 e. The van der Waals surface area contributed by atoms with Crippen molar-refractivity contribution in [1.82, 2.24) is 15.1 Å². The van der Waals surface area contributed by atoms with Crippen LogP contribution >= 0.6 is 11.6 Å². The third kappa shape index (κ3) is 4.84. The number of carbonyl (C=O) groups excluding carboxylic acids is 1. The molecule has 2 N–H and O–H groups in total. The smallest absolute Gasteiger partial charge is 0.254 e. The molecule has 0 spiro atoms. The first-order valence-corrected chi connectivity index (χ1v) is 7.36. The third-order valence-electron chi connectivity index (χ3n) is 2.90. The van der Waals surface area contributed by atoms with E-state index in [1.165, 1.54) is 6.20 Å². The molecule has 0 aliphatic carbocycles. The van der Waals surface area contributed by atoms with Crippen LogP contribution in [0.5, 0.6) is 0 Å². The fourth-order valence-corrected chi connectivity index (χ4v) is 2.03. The second kappa shape index (κ2) is 8.53. The number of amides is 1. The van der Waals surface area contributed by atoms with Crippen LogP contribution < -0.4 is 5.32 Å². The lowest BCUT2D eigenvalue weighted by atomic mass is 10.3. The fraction of sp³-hybridized carbons (Fsp3) is 0.333. The number of aliphatic hydroxyl groups is 1. The van der Waals surface area contributed by atoms with Crippen LogP contribution in [0.4, 0.5) is 0 Å². The van der Waals surface area contributed by atoms with E-state index in [4.69, 9.17) is 21.4 Å². The van der Waals surface area contributed by atoms with Crippen molar-refractivity contribution in [3.05, 3.63) is 47.2 Å². The van der Waals surface area contributed by atoms with Gasteiger partial charge in [0.05, 0.1) is 30.7 Å². The number of halogens is 1. The Bertz CT molecular complexity index is 616. The number of hydrogen-bond acceptors (Lipinski definition) is 4. The first kappa shape index (κ1) is 16.5. The molecule has 0 fully saturated rings. The van der Waals surface area contributed by atoms with Gasteiger partial charge in [-0.1, -0.05) is 17.7 Å². The van der Waals surface area contributed by atoms with E-state index in [-0.39, 0.29) is 12.5 Å². The highest BCUT2D eigenvalue weighted by Gasteiger charge is 2.09. The summed E-state index contributed by atoms with van der Waals surface area (Å²) in [5, 5.41) is 16.1. The molecule has 0 radical (unpaired) electrons. The monoisotopic (exact) mass is 323 g/mol. The van der Waals surface area contributed by atoms with Gasteiger partial charge in [-0.05, 0) is 24.6 Å². The van der Waals surface area contributed by atoms with E-state index >= 15 is 0 Å². The molecule has 1 aromatic heterocycles. The van der Waals surface area contributed by atoms with E-state index in [2.05, 4.69) is 10.4 Å². The number of nitrogens with zero attached hydrogens (tertiary/aromatic N) is 2. The Balaban J connectivity index is 1.84. The van der Waals surface area contributed by atoms with Gasteiger partial charge >= 0.3 is 0 Å². The average Bonchev–Trinajstić information content (AvgIpc) is 3.00. The average molecular weight is 324 g/mol. The predicted molar refractivity (Wildman–Crippen MR) is 83.4 cm³/mol. The summed E-state index contributed by atoms with van der Waals surface area (Å²) < 4.78 is 6.72. The number of carbonyl (C=O) groups is 1. The van der Waals surface area contributed by atoms with Gasteiger partial charge < -0.3 is 15.2 Å². The Morgan fingerprint density at radius 3 is 3.05 bits per heavy atom. The van der Waals surface area contributed by atoms with E-state index in [0.29, 0.717) is 36.8 Å². The SMILES string of the molecule is O=C(NCCCOCCO)c1cnn(-c2cccc(Cl)c2)c1. The Hall–Kier alpha value is -1.89. The van der Waals surface area contributed by atoms with Gasteiger partial charge in [0.1, 0.15) is 0 Å². The molecule has 22 heavy (non-hydrogen) atoms. The molecule has 7 heteroatoms. The molecule has 2 rings (SSSR count). The zero-order valence-corrected chi connectivity index (χ0v) is 12.8. The van der Waals surface area contributed by atoms with Crippen molar-refractivity contribution in [2.45, 2.75) is 6.42 Å². The van der Waals surface area contributed by atoms with Crippen LogP contribution in [-0.4, -0.2) is 47.2 Å². The molecule has 0 aliphatic rings. The normalized spacial score (nSPS) is 10.6. The fourth-order valence-electron chi connectivity index (χ4n) is 1.84. The number of rotatable bonds is 8. The number of ether oxygens (including phenoxy) is 1. The molecule has 0 bridgehead atoms. The van der Waals surface area contributed by atoms with Gasteiger partial charge in [0.2, 0.25) is 0 Å². The lowest BCUT2D eigenvalue weighted by Gasteiger charge is -2.04. The number of benzene rings is 1. The van der Waals surface area contributed by atoms with Crippen molar-refractivity contribution < 1.29 is 14.6 Å². The van der Waals surface area contributed by atoms with Crippen LogP contribution in [0.15, 0.2) is 36.7 Å². The molecule has 0 saturated carbocycles. The molecule has 118 valence electrons. The number of aromatic nitrogens is 2. The second-order valence-electron chi connectivity index (χ2n) is 4.60. The summed E-state index contributed by atoms with van der Waals surface area (Å²) in [5.41, 5.74) is 1.28. The van der Waals surface area contributed by atoms with Crippen molar-refractivity contribution in [2.75, 3.05) is 26.4 Å². The van der Waals surface area contributed by atoms with E-state index < -0.39 is 0 Å². The van der Waals surface area contributed by atoms with Crippen molar-refractivity contribution in [3.8, 4) is 5.69 Å². The van der Waals surface area contributed by atoms with Gasteiger partial charge in [0, 0.05) is 24.4 Å². The number of nitrogens with one attached hydrogen (secondary N) is 1. The van der Waals surface area contributed by atoms with Crippen LogP contribution in [-0.2, 0) is 4.74 Å². The minimum Gasteiger partial charge on any atom is -0.394 e. The van der Waals surface area contributed by atoms with E-state index in [1.807, 2.05) is 12.1 Å². The van der Waals surface area contributed by atoms with Gasteiger partial charge in [-0.25, -0.2) is 4.68 Å². The Morgan fingerprint density at radius 1 is 1.41 bits per heavy atom. The molecule has 0 saturated heterocycles. The molecule has 0 atom stereocenters. The van der Waals surface area contributed by atoms with Gasteiger partial charge in [0.25, 0.3) is 5.91 Å². The first-order valence-electron chi connectivity index (χ1n) is 6.98. The minimum absolute atomic E-state index is 0.00897. The van der Waals surface area contributed by atoms with Gasteiger partial charge in [-0.15, -0.1) is 0 Å². The van der Waals surface area contributed by atoms with Crippen LogP contribution in [0.1, 0.15) is 16.8 Å². The Morgan fingerprint density at radius 2 is 2.27 bits per heavy atom. The summed E-state index contributed by atoms with van der Waals surface area (Å²) in [6, 6.07) is 7.24. The van der Waals surface area contributed by atoms with Gasteiger partial charge in [-0.2, -0.15) is 5.10 Å². The molecule has 0 unspecified atom stereocenters. The van der Waals surface area contributed by atoms with Crippen molar-refractivity contribution >= 4 is 17.5 Å². The van der Waals surface area contributed by atoms with E-state index in [0.717, 1.165) is 5.69 Å². The zero-order chi connectivity index (χ0) is 15.8. The lowest BCUT2D eigenvalue weighted by Crippen LogP contribution is -2.25. The van der Waals surface area contributed by atoms with Crippen LogP contribution in [0.2, 0.25) is 5.02 Å². The topological polar surface area (TPSA) is 76.4 Å². The van der Waals surface area contributed by atoms with Crippen LogP contribution in [0.3, 0.4) is 0 Å².